The van der Waals surface area contributed by atoms with E-state index in [-0.39, 0.29) is 29.6 Å². The van der Waals surface area contributed by atoms with Gasteiger partial charge < -0.3 is 5.32 Å². The van der Waals surface area contributed by atoms with Crippen LogP contribution in [0.4, 0.5) is 5.69 Å². The van der Waals surface area contributed by atoms with Crippen molar-refractivity contribution in [2.24, 2.45) is 17.8 Å². The lowest BCUT2D eigenvalue weighted by molar-refractivity contribution is -0.384. The van der Waals surface area contributed by atoms with Gasteiger partial charge in [-0.1, -0.05) is 6.42 Å². The molecule has 0 spiro atoms. The summed E-state index contributed by atoms with van der Waals surface area (Å²) in [4.78, 5) is 39.6. The van der Waals surface area contributed by atoms with Gasteiger partial charge in [0.25, 0.3) is 11.2 Å². The van der Waals surface area contributed by atoms with Crippen LogP contribution in [0.3, 0.4) is 0 Å². The van der Waals surface area contributed by atoms with Crippen molar-refractivity contribution in [2.45, 2.75) is 45.2 Å². The minimum absolute atomic E-state index is 0.0815. The van der Waals surface area contributed by atoms with Crippen LogP contribution in [0, 0.1) is 27.9 Å². The minimum Gasteiger partial charge on any atom is -0.352 e. The van der Waals surface area contributed by atoms with Crippen molar-refractivity contribution in [3.63, 3.8) is 0 Å². The maximum absolute atomic E-state index is 12.6. The van der Waals surface area contributed by atoms with Gasteiger partial charge in [-0.2, -0.15) is 0 Å². The fraction of sp³-hybridized carbons (Fsp3) is 0.526. The van der Waals surface area contributed by atoms with Crippen LogP contribution in [0.5, 0.6) is 0 Å². The zero-order chi connectivity index (χ0) is 19.1. The lowest BCUT2D eigenvalue weighted by Crippen LogP contribution is -2.42. The number of rotatable bonds is 5. The number of nitro benzene ring substituents is 1. The van der Waals surface area contributed by atoms with Gasteiger partial charge in [0.05, 0.1) is 22.2 Å². The number of hydrogen-bond acceptors (Lipinski definition) is 5. The summed E-state index contributed by atoms with van der Waals surface area (Å²) in [6.45, 7) is 1.89. The summed E-state index contributed by atoms with van der Waals surface area (Å²) in [6.07, 6.45) is 6.33. The standard InChI is InChI=1S/C19H22N4O4/c1-11(15-7-12-2-3-13(15)6-12)21-18(24)9-22-10-20-17-5-4-14(23(26)27)8-16(17)19(22)25/h4-5,8,10-13,15H,2-3,6-7,9H2,1H3,(H,21,24)/t11-,12-,13-,15+/m0/s1. The second-order valence-electron chi connectivity index (χ2n) is 7.83. The second kappa shape index (κ2) is 6.75. The maximum atomic E-state index is 12.6. The molecule has 2 aromatic rings. The number of non-ortho nitro benzene ring substituents is 1. The highest BCUT2D eigenvalue weighted by molar-refractivity contribution is 5.81. The van der Waals surface area contributed by atoms with Crippen LogP contribution in [0.2, 0.25) is 0 Å². The number of carbonyl (C=O) groups excluding carboxylic acids is 1. The Bertz CT molecular complexity index is 970. The van der Waals surface area contributed by atoms with E-state index in [1.165, 1.54) is 54.8 Å². The number of nitrogens with zero attached hydrogens (tertiary/aromatic N) is 3. The molecule has 0 aliphatic heterocycles. The number of hydrogen-bond donors (Lipinski definition) is 1. The molecule has 2 fully saturated rings. The number of nitro groups is 1. The second-order valence-corrected chi connectivity index (χ2v) is 7.83. The van der Waals surface area contributed by atoms with Crippen molar-refractivity contribution in [1.82, 2.24) is 14.9 Å². The number of nitrogens with one attached hydrogen (secondary N) is 1. The van der Waals surface area contributed by atoms with Gasteiger partial charge >= 0.3 is 0 Å². The van der Waals surface area contributed by atoms with E-state index in [4.69, 9.17) is 0 Å². The Morgan fingerprint density at radius 3 is 2.89 bits per heavy atom. The van der Waals surface area contributed by atoms with Gasteiger partial charge in [-0.3, -0.25) is 24.3 Å². The van der Waals surface area contributed by atoms with Gasteiger partial charge in [-0.05, 0) is 50.0 Å². The molecule has 2 aliphatic carbocycles. The molecule has 1 N–H and O–H groups in total. The zero-order valence-corrected chi connectivity index (χ0v) is 15.1. The van der Waals surface area contributed by atoms with Gasteiger partial charge in [0.2, 0.25) is 5.91 Å². The van der Waals surface area contributed by atoms with Crippen molar-refractivity contribution in [2.75, 3.05) is 0 Å². The zero-order valence-electron chi connectivity index (χ0n) is 15.1. The van der Waals surface area contributed by atoms with Crippen LogP contribution in [-0.2, 0) is 11.3 Å². The number of aromatic nitrogens is 2. The van der Waals surface area contributed by atoms with Crippen molar-refractivity contribution in [3.05, 3.63) is 45.0 Å². The summed E-state index contributed by atoms with van der Waals surface area (Å²) in [7, 11) is 0. The van der Waals surface area contributed by atoms with Gasteiger partial charge in [-0.25, -0.2) is 4.98 Å². The molecular weight excluding hydrogens is 348 g/mol. The van der Waals surface area contributed by atoms with E-state index < -0.39 is 10.5 Å². The molecule has 0 radical (unpaired) electrons. The smallest absolute Gasteiger partial charge is 0.270 e. The Morgan fingerprint density at radius 2 is 2.22 bits per heavy atom. The molecule has 8 heteroatoms. The predicted octanol–water partition coefficient (Wildman–Crippen LogP) is 2.25. The van der Waals surface area contributed by atoms with Crippen LogP contribution in [0.15, 0.2) is 29.3 Å². The molecule has 0 saturated heterocycles. The van der Waals surface area contributed by atoms with Crippen molar-refractivity contribution in [1.29, 1.82) is 0 Å². The van der Waals surface area contributed by atoms with Crippen molar-refractivity contribution >= 4 is 22.5 Å². The first-order valence-corrected chi connectivity index (χ1v) is 9.35. The number of carbonyl (C=O) groups is 1. The van der Waals surface area contributed by atoms with Gasteiger partial charge in [0.15, 0.2) is 0 Å². The summed E-state index contributed by atoms with van der Waals surface area (Å²) < 4.78 is 1.20. The molecule has 1 aromatic heterocycles. The summed E-state index contributed by atoms with van der Waals surface area (Å²) in [5.74, 6) is 1.79. The number of amides is 1. The highest BCUT2D eigenvalue weighted by Crippen LogP contribution is 2.49. The van der Waals surface area contributed by atoms with E-state index in [0.29, 0.717) is 17.4 Å². The SMILES string of the molecule is C[C@H](NC(=O)Cn1cnc2ccc([N+](=O)[O-])cc2c1=O)[C@H]1C[C@H]2CC[C@H]1C2. The fourth-order valence-corrected chi connectivity index (χ4v) is 4.84. The van der Waals surface area contributed by atoms with E-state index in [2.05, 4.69) is 10.3 Å². The quantitative estimate of drug-likeness (QED) is 0.642. The third kappa shape index (κ3) is 3.31. The first kappa shape index (κ1) is 17.6. The van der Waals surface area contributed by atoms with E-state index in [1.54, 1.807) is 0 Å². The molecule has 2 bridgehead atoms. The molecule has 1 heterocycles. The number of benzene rings is 1. The molecule has 4 atom stereocenters. The average molecular weight is 370 g/mol. The van der Waals surface area contributed by atoms with E-state index >= 15 is 0 Å². The van der Waals surface area contributed by atoms with Gasteiger partial charge in [0, 0.05) is 18.2 Å². The van der Waals surface area contributed by atoms with Gasteiger partial charge in [0.1, 0.15) is 6.54 Å². The minimum atomic E-state index is -0.556. The predicted molar refractivity (Wildman–Crippen MR) is 99.2 cm³/mol. The summed E-state index contributed by atoms with van der Waals surface area (Å²) in [5, 5.41) is 14.1. The molecule has 2 aliphatic rings. The largest absolute Gasteiger partial charge is 0.352 e. The summed E-state index contributed by atoms with van der Waals surface area (Å²) >= 11 is 0. The average Bonchev–Trinajstić information content (AvgIpc) is 3.27. The molecule has 2 saturated carbocycles. The Labute approximate surface area is 155 Å². The highest BCUT2D eigenvalue weighted by atomic mass is 16.6. The summed E-state index contributed by atoms with van der Waals surface area (Å²) in [6, 6.07) is 4.04. The molecular formula is C19H22N4O4. The Morgan fingerprint density at radius 1 is 1.41 bits per heavy atom. The van der Waals surface area contributed by atoms with Crippen molar-refractivity contribution < 1.29 is 9.72 Å². The topological polar surface area (TPSA) is 107 Å². The maximum Gasteiger partial charge on any atom is 0.270 e. The third-order valence-corrected chi connectivity index (χ3v) is 6.16. The van der Waals surface area contributed by atoms with Gasteiger partial charge in [-0.15, -0.1) is 0 Å². The Kier molecular flexibility index (Phi) is 4.41. The Balaban J connectivity index is 1.49. The molecule has 27 heavy (non-hydrogen) atoms. The fourth-order valence-electron chi connectivity index (χ4n) is 4.84. The van der Waals surface area contributed by atoms with Crippen LogP contribution in [0.25, 0.3) is 10.9 Å². The highest BCUT2D eigenvalue weighted by Gasteiger charge is 2.42. The first-order valence-electron chi connectivity index (χ1n) is 9.35. The van der Waals surface area contributed by atoms with E-state index in [1.807, 2.05) is 6.92 Å². The van der Waals surface area contributed by atoms with Crippen LogP contribution >= 0.6 is 0 Å². The molecule has 1 amide bonds. The van der Waals surface area contributed by atoms with E-state index in [0.717, 1.165) is 5.92 Å². The molecule has 0 unspecified atom stereocenters. The van der Waals surface area contributed by atoms with Crippen LogP contribution in [-0.4, -0.2) is 26.4 Å². The molecule has 142 valence electrons. The molecule has 8 nitrogen and oxygen atoms in total. The van der Waals surface area contributed by atoms with Crippen LogP contribution < -0.4 is 10.9 Å². The lowest BCUT2D eigenvalue weighted by Gasteiger charge is -2.28. The molecule has 4 rings (SSSR count). The third-order valence-electron chi connectivity index (χ3n) is 6.16. The van der Waals surface area contributed by atoms with E-state index in [9.17, 15) is 19.7 Å². The van der Waals surface area contributed by atoms with Crippen LogP contribution in [0.1, 0.15) is 32.6 Å². The lowest BCUT2D eigenvalue weighted by atomic mass is 9.84. The normalized spacial score (nSPS) is 24.9. The summed E-state index contributed by atoms with van der Waals surface area (Å²) in [5.41, 5.74) is -0.252. The monoisotopic (exact) mass is 370 g/mol. The number of fused-ring (bicyclic) bond motifs is 3. The Hall–Kier alpha value is -2.77. The van der Waals surface area contributed by atoms with Crippen molar-refractivity contribution in [3.8, 4) is 0 Å². The first-order chi connectivity index (χ1) is 12.9. The molecule has 1 aromatic carbocycles.